The second kappa shape index (κ2) is 6.15. The summed E-state index contributed by atoms with van der Waals surface area (Å²) in [6, 6.07) is 5.24. The number of halogens is 1. The van der Waals surface area contributed by atoms with Gasteiger partial charge in [-0.1, -0.05) is 11.6 Å². The lowest BCUT2D eigenvalue weighted by atomic mass is 9.83. The highest BCUT2D eigenvalue weighted by Gasteiger charge is 2.34. The lowest BCUT2D eigenvalue weighted by Crippen LogP contribution is -2.42. The Hall–Kier alpha value is -1.06. The highest BCUT2D eigenvalue weighted by atomic mass is 35.5. The smallest absolute Gasteiger partial charge is 0.338 e. The molecule has 20 heavy (non-hydrogen) atoms. The van der Waals surface area contributed by atoms with Crippen molar-refractivity contribution >= 4 is 17.6 Å². The van der Waals surface area contributed by atoms with Crippen LogP contribution in [0.15, 0.2) is 18.2 Å². The summed E-state index contributed by atoms with van der Waals surface area (Å²) in [5.74, 6) is 0.134. The Bertz CT molecular complexity index is 493. The van der Waals surface area contributed by atoms with E-state index in [-0.39, 0.29) is 5.97 Å². The molecule has 3 nitrogen and oxygen atoms in total. The van der Waals surface area contributed by atoms with Crippen molar-refractivity contribution in [3.05, 3.63) is 34.3 Å². The first-order chi connectivity index (χ1) is 9.40. The van der Waals surface area contributed by atoms with Crippen molar-refractivity contribution in [3.63, 3.8) is 0 Å². The Kier molecular flexibility index (Phi) is 4.71. The summed E-state index contributed by atoms with van der Waals surface area (Å²) in [4.78, 5) is 12.3. The molecular formula is C16H22ClNO2. The largest absolute Gasteiger partial charge is 0.456 e. The molecular weight excluding hydrogens is 274 g/mol. The monoisotopic (exact) mass is 295 g/mol. The minimum atomic E-state index is -0.438. The number of piperidine rings is 1. The van der Waals surface area contributed by atoms with Gasteiger partial charge in [-0.25, -0.2) is 4.79 Å². The van der Waals surface area contributed by atoms with Gasteiger partial charge in [0.1, 0.15) is 5.60 Å². The third-order valence-electron chi connectivity index (χ3n) is 4.07. The van der Waals surface area contributed by atoms with E-state index in [2.05, 4.69) is 5.32 Å². The maximum absolute atomic E-state index is 12.3. The molecule has 1 saturated heterocycles. The second-order valence-corrected chi connectivity index (χ2v) is 6.39. The summed E-state index contributed by atoms with van der Waals surface area (Å²) in [6.45, 7) is 7.88. The molecule has 2 rings (SSSR count). The molecule has 1 heterocycles. The number of rotatable bonds is 3. The van der Waals surface area contributed by atoms with Gasteiger partial charge in [0.25, 0.3) is 0 Å². The van der Waals surface area contributed by atoms with E-state index < -0.39 is 5.60 Å². The fraction of sp³-hybridized carbons (Fsp3) is 0.562. The number of hydrogen-bond acceptors (Lipinski definition) is 3. The van der Waals surface area contributed by atoms with Gasteiger partial charge in [0.05, 0.1) is 5.56 Å². The van der Waals surface area contributed by atoms with Crippen LogP contribution in [0, 0.1) is 12.8 Å². The normalized spacial score (nSPS) is 17.0. The van der Waals surface area contributed by atoms with E-state index in [0.717, 1.165) is 31.5 Å². The van der Waals surface area contributed by atoms with Gasteiger partial charge in [-0.3, -0.25) is 0 Å². The second-order valence-electron chi connectivity index (χ2n) is 5.98. The average Bonchev–Trinajstić information content (AvgIpc) is 2.42. The molecule has 1 aliphatic heterocycles. The molecule has 1 aromatic rings. The quantitative estimate of drug-likeness (QED) is 0.866. The number of carbonyl (C=O) groups excluding carboxylic acids is 1. The Morgan fingerprint density at radius 1 is 1.35 bits per heavy atom. The van der Waals surface area contributed by atoms with Crippen molar-refractivity contribution in [1.29, 1.82) is 0 Å². The van der Waals surface area contributed by atoms with E-state index in [1.54, 1.807) is 18.2 Å². The van der Waals surface area contributed by atoms with Crippen molar-refractivity contribution in [2.45, 2.75) is 39.2 Å². The molecule has 1 fully saturated rings. The van der Waals surface area contributed by atoms with Crippen LogP contribution in [0.1, 0.15) is 42.6 Å². The molecule has 0 unspecified atom stereocenters. The van der Waals surface area contributed by atoms with Crippen LogP contribution >= 0.6 is 11.6 Å². The molecule has 0 spiro atoms. The van der Waals surface area contributed by atoms with Gasteiger partial charge >= 0.3 is 5.97 Å². The highest BCUT2D eigenvalue weighted by molar-refractivity contribution is 6.31. The van der Waals surface area contributed by atoms with Crippen LogP contribution in [0.3, 0.4) is 0 Å². The number of hydrogen-bond donors (Lipinski definition) is 1. The molecule has 4 heteroatoms. The summed E-state index contributed by atoms with van der Waals surface area (Å²) in [7, 11) is 0. The zero-order valence-electron chi connectivity index (χ0n) is 12.3. The Balaban J connectivity index is 2.07. The van der Waals surface area contributed by atoms with Crippen LogP contribution in [0.25, 0.3) is 0 Å². The predicted octanol–water partition coefficient (Wildman–Crippen LogP) is 3.58. The maximum atomic E-state index is 12.3. The lowest BCUT2D eigenvalue weighted by Gasteiger charge is -2.36. The molecule has 0 aliphatic carbocycles. The van der Waals surface area contributed by atoms with Crippen LogP contribution in [-0.2, 0) is 4.74 Å². The molecule has 0 amide bonds. The maximum Gasteiger partial charge on any atom is 0.338 e. The number of ether oxygens (including phenoxy) is 1. The lowest BCUT2D eigenvalue weighted by molar-refractivity contribution is -0.0368. The van der Waals surface area contributed by atoms with Gasteiger partial charge in [-0.05, 0) is 70.5 Å². The van der Waals surface area contributed by atoms with Crippen LogP contribution in [0.2, 0.25) is 5.02 Å². The molecule has 1 N–H and O–H groups in total. The molecule has 0 atom stereocenters. The first-order valence-electron chi connectivity index (χ1n) is 7.10. The summed E-state index contributed by atoms with van der Waals surface area (Å²) < 4.78 is 5.75. The summed E-state index contributed by atoms with van der Waals surface area (Å²) in [5.41, 5.74) is 1.02. The summed E-state index contributed by atoms with van der Waals surface area (Å²) in [5, 5.41) is 4.00. The number of benzene rings is 1. The van der Waals surface area contributed by atoms with E-state index in [1.807, 2.05) is 20.8 Å². The first kappa shape index (κ1) is 15.3. The SMILES string of the molecule is Cc1cc(C(=O)OC(C)(C)C2CCNCC2)ccc1Cl. The number of nitrogens with one attached hydrogen (secondary N) is 1. The van der Waals surface area contributed by atoms with E-state index in [4.69, 9.17) is 16.3 Å². The van der Waals surface area contributed by atoms with Crippen molar-refractivity contribution in [1.82, 2.24) is 5.32 Å². The predicted molar refractivity (Wildman–Crippen MR) is 81.3 cm³/mol. The molecule has 0 aromatic heterocycles. The minimum absolute atomic E-state index is 0.270. The zero-order valence-corrected chi connectivity index (χ0v) is 13.1. The molecule has 0 saturated carbocycles. The fourth-order valence-electron chi connectivity index (χ4n) is 2.67. The van der Waals surface area contributed by atoms with Crippen LogP contribution in [0.5, 0.6) is 0 Å². The first-order valence-corrected chi connectivity index (χ1v) is 7.48. The molecule has 1 aliphatic rings. The van der Waals surface area contributed by atoms with Gasteiger partial charge in [0.15, 0.2) is 0 Å². The van der Waals surface area contributed by atoms with Gasteiger partial charge in [-0.2, -0.15) is 0 Å². The van der Waals surface area contributed by atoms with Crippen LogP contribution in [0.4, 0.5) is 0 Å². The standard InChI is InChI=1S/C16H22ClNO2/c1-11-10-12(4-5-14(11)17)15(19)20-16(2,3)13-6-8-18-9-7-13/h4-5,10,13,18H,6-9H2,1-3H3. The Morgan fingerprint density at radius 2 is 2.00 bits per heavy atom. The third-order valence-corrected chi connectivity index (χ3v) is 4.50. The van der Waals surface area contributed by atoms with Gasteiger partial charge < -0.3 is 10.1 Å². The van der Waals surface area contributed by atoms with Crippen molar-refractivity contribution < 1.29 is 9.53 Å². The van der Waals surface area contributed by atoms with Gasteiger partial charge in [-0.15, -0.1) is 0 Å². The van der Waals surface area contributed by atoms with Gasteiger partial charge in [0, 0.05) is 10.9 Å². The molecule has 0 radical (unpaired) electrons. The number of carbonyl (C=O) groups is 1. The average molecular weight is 296 g/mol. The Morgan fingerprint density at radius 3 is 2.60 bits per heavy atom. The molecule has 0 bridgehead atoms. The molecule has 1 aromatic carbocycles. The van der Waals surface area contributed by atoms with Crippen molar-refractivity contribution in [2.24, 2.45) is 5.92 Å². The van der Waals surface area contributed by atoms with E-state index in [0.29, 0.717) is 16.5 Å². The summed E-state index contributed by atoms with van der Waals surface area (Å²) in [6.07, 6.45) is 2.08. The fourth-order valence-corrected chi connectivity index (χ4v) is 2.79. The van der Waals surface area contributed by atoms with Crippen LogP contribution < -0.4 is 5.32 Å². The van der Waals surface area contributed by atoms with Crippen LogP contribution in [-0.4, -0.2) is 24.7 Å². The molecule has 110 valence electrons. The highest BCUT2D eigenvalue weighted by Crippen LogP contribution is 2.30. The number of aryl methyl sites for hydroxylation is 1. The zero-order chi connectivity index (χ0) is 14.8. The van der Waals surface area contributed by atoms with E-state index >= 15 is 0 Å². The summed E-state index contributed by atoms with van der Waals surface area (Å²) >= 11 is 5.98. The van der Waals surface area contributed by atoms with E-state index in [9.17, 15) is 4.79 Å². The Labute approximate surface area is 125 Å². The minimum Gasteiger partial charge on any atom is -0.456 e. The van der Waals surface area contributed by atoms with Crippen molar-refractivity contribution in [2.75, 3.05) is 13.1 Å². The van der Waals surface area contributed by atoms with Crippen molar-refractivity contribution in [3.8, 4) is 0 Å². The van der Waals surface area contributed by atoms with Gasteiger partial charge in [0.2, 0.25) is 0 Å². The number of esters is 1. The third kappa shape index (κ3) is 3.53. The topological polar surface area (TPSA) is 38.3 Å². The van der Waals surface area contributed by atoms with E-state index in [1.165, 1.54) is 0 Å².